The van der Waals surface area contributed by atoms with Crippen molar-refractivity contribution in [2.75, 3.05) is 0 Å². The van der Waals surface area contributed by atoms with Crippen molar-refractivity contribution in [3.63, 3.8) is 0 Å². The van der Waals surface area contributed by atoms with Crippen LogP contribution in [-0.2, 0) is 4.79 Å². The molecule has 1 aromatic heterocycles. The molecule has 176 valence electrons. The number of hydrogen-bond acceptors (Lipinski definition) is 4. The molecule has 0 spiro atoms. The van der Waals surface area contributed by atoms with Crippen LogP contribution < -0.4 is 0 Å². The van der Waals surface area contributed by atoms with E-state index < -0.39 is 0 Å². The molecule has 0 atom stereocenters. The molecule has 1 amide bonds. The van der Waals surface area contributed by atoms with Crippen LogP contribution in [0.1, 0.15) is 61.9 Å². The zero-order valence-electron chi connectivity index (χ0n) is 19.5. The minimum Gasteiger partial charge on any atom is -0.318 e. The van der Waals surface area contributed by atoms with E-state index in [1.165, 1.54) is 48.9 Å². The van der Waals surface area contributed by atoms with Gasteiger partial charge in [-0.3, -0.25) is 10.2 Å². The number of hydrazone groups is 1. The van der Waals surface area contributed by atoms with Crippen LogP contribution in [0.4, 0.5) is 0 Å². The van der Waals surface area contributed by atoms with Crippen LogP contribution in [-0.4, -0.2) is 31.5 Å². The average Bonchev–Trinajstić information content (AvgIpc) is 3.36. The Morgan fingerprint density at radius 1 is 1.18 bits per heavy atom. The fraction of sp³-hybridized carbons (Fsp3) is 0.385. The second-order valence-electron chi connectivity index (χ2n) is 9.19. The lowest BCUT2D eigenvalue weighted by Gasteiger charge is -2.20. The van der Waals surface area contributed by atoms with E-state index >= 15 is 0 Å². The fourth-order valence-electron chi connectivity index (χ4n) is 5.01. The van der Waals surface area contributed by atoms with Crippen molar-refractivity contribution in [2.45, 2.75) is 58.8 Å². The lowest BCUT2D eigenvalue weighted by molar-refractivity contribution is -0.114. The number of halogens is 1. The molecule has 0 radical (unpaired) electrons. The summed E-state index contributed by atoms with van der Waals surface area (Å²) in [5.41, 5.74) is 4.16. The standard InChI is InChI=1S/C26H28ClN5OS/c1-16-14-19(17(2)31(16)21-11-9-20(27)10-12-21)15-22-24(28)32-26(29-25(22)33)34-23(30-32)13-8-18-6-4-3-5-7-18/h9-12,14-15,18,28H,3-8,13H2,1-2H3/b22-15+,28-24?. The van der Waals surface area contributed by atoms with Crippen LogP contribution in [0.2, 0.25) is 5.02 Å². The maximum atomic E-state index is 12.9. The number of amidine groups is 2. The first-order valence-corrected chi connectivity index (χ1v) is 13.0. The summed E-state index contributed by atoms with van der Waals surface area (Å²) in [5.74, 6) is 0.472. The topological polar surface area (TPSA) is 73.8 Å². The first-order chi connectivity index (χ1) is 16.4. The molecule has 2 aromatic rings. The summed E-state index contributed by atoms with van der Waals surface area (Å²) in [6.45, 7) is 4.03. The van der Waals surface area contributed by atoms with E-state index in [9.17, 15) is 4.79 Å². The van der Waals surface area contributed by atoms with Gasteiger partial charge in [0.1, 0.15) is 5.04 Å². The van der Waals surface area contributed by atoms with Gasteiger partial charge < -0.3 is 4.57 Å². The third kappa shape index (κ3) is 4.51. The fourth-order valence-corrected chi connectivity index (χ4v) is 6.04. The molecular weight excluding hydrogens is 466 g/mol. The van der Waals surface area contributed by atoms with E-state index in [1.807, 2.05) is 44.2 Å². The van der Waals surface area contributed by atoms with Gasteiger partial charge in [-0.05, 0) is 86.3 Å². The minimum absolute atomic E-state index is 0.0893. The Morgan fingerprint density at radius 2 is 1.91 bits per heavy atom. The molecule has 0 unspecified atom stereocenters. The average molecular weight is 494 g/mol. The highest BCUT2D eigenvalue weighted by molar-refractivity contribution is 8.26. The van der Waals surface area contributed by atoms with Gasteiger partial charge >= 0.3 is 0 Å². The van der Waals surface area contributed by atoms with Crippen molar-refractivity contribution in [2.24, 2.45) is 16.0 Å². The van der Waals surface area contributed by atoms with Gasteiger partial charge in [0.15, 0.2) is 5.84 Å². The predicted molar refractivity (Wildman–Crippen MR) is 141 cm³/mol. The van der Waals surface area contributed by atoms with Crippen molar-refractivity contribution in [1.82, 2.24) is 9.58 Å². The number of rotatable bonds is 5. The first kappa shape index (κ1) is 23.1. The van der Waals surface area contributed by atoms with Crippen LogP contribution in [0.3, 0.4) is 0 Å². The second-order valence-corrected chi connectivity index (χ2v) is 10.7. The number of nitrogens with one attached hydrogen (secondary N) is 1. The number of nitrogens with zero attached hydrogens (tertiary/aromatic N) is 4. The Labute approximate surface area is 209 Å². The van der Waals surface area contributed by atoms with Crippen LogP contribution in [0.15, 0.2) is 46.0 Å². The zero-order valence-corrected chi connectivity index (χ0v) is 21.0. The van der Waals surface area contributed by atoms with E-state index in [2.05, 4.69) is 14.7 Å². The highest BCUT2D eigenvalue weighted by atomic mass is 35.5. The van der Waals surface area contributed by atoms with Gasteiger partial charge in [-0.2, -0.15) is 15.1 Å². The molecule has 1 aromatic carbocycles. The van der Waals surface area contributed by atoms with Crippen LogP contribution in [0, 0.1) is 25.2 Å². The van der Waals surface area contributed by atoms with Crippen molar-refractivity contribution in [1.29, 1.82) is 5.41 Å². The zero-order chi connectivity index (χ0) is 23.8. The molecule has 6 nitrogen and oxygen atoms in total. The van der Waals surface area contributed by atoms with Crippen molar-refractivity contribution < 1.29 is 4.79 Å². The van der Waals surface area contributed by atoms with Crippen molar-refractivity contribution in [3.05, 3.63) is 57.9 Å². The molecule has 34 heavy (non-hydrogen) atoms. The molecule has 0 saturated heterocycles. The number of fused-ring (bicyclic) bond motifs is 1. The Bertz CT molecular complexity index is 1230. The summed E-state index contributed by atoms with van der Waals surface area (Å²) in [5, 5.41) is 17.0. The monoisotopic (exact) mass is 493 g/mol. The maximum Gasteiger partial charge on any atom is 0.283 e. The molecule has 0 bridgehead atoms. The number of thioether (sulfide) groups is 1. The highest BCUT2D eigenvalue weighted by Gasteiger charge is 2.35. The Kier molecular flexibility index (Phi) is 6.49. The van der Waals surface area contributed by atoms with E-state index in [-0.39, 0.29) is 17.3 Å². The van der Waals surface area contributed by atoms with Gasteiger partial charge in [-0.1, -0.05) is 43.7 Å². The molecule has 3 aliphatic rings. The molecule has 1 fully saturated rings. The third-order valence-corrected chi connectivity index (χ3v) is 8.06. The maximum absolute atomic E-state index is 12.9. The highest BCUT2D eigenvalue weighted by Crippen LogP contribution is 2.33. The van der Waals surface area contributed by atoms with Gasteiger partial charge in [-0.25, -0.2) is 0 Å². The number of benzene rings is 1. The van der Waals surface area contributed by atoms with Gasteiger partial charge in [0.05, 0.1) is 5.57 Å². The van der Waals surface area contributed by atoms with Crippen molar-refractivity contribution in [3.8, 4) is 5.69 Å². The smallest absolute Gasteiger partial charge is 0.283 e. The van der Waals surface area contributed by atoms with E-state index in [4.69, 9.17) is 17.0 Å². The normalized spacial score (nSPS) is 20.1. The second kappa shape index (κ2) is 9.55. The molecule has 1 N–H and O–H groups in total. The van der Waals surface area contributed by atoms with Gasteiger partial charge in [0.25, 0.3) is 5.91 Å². The molecule has 5 rings (SSSR count). The first-order valence-electron chi connectivity index (χ1n) is 11.8. The molecule has 1 aliphatic carbocycles. The molecule has 2 aliphatic heterocycles. The molecule has 3 heterocycles. The quantitative estimate of drug-likeness (QED) is 0.469. The number of aromatic nitrogens is 1. The van der Waals surface area contributed by atoms with Gasteiger partial charge in [0.2, 0.25) is 5.17 Å². The molecule has 1 saturated carbocycles. The number of aliphatic imine (C=N–C) groups is 1. The van der Waals surface area contributed by atoms with E-state index in [1.54, 1.807) is 6.08 Å². The Morgan fingerprint density at radius 3 is 2.65 bits per heavy atom. The van der Waals surface area contributed by atoms with E-state index in [0.29, 0.717) is 10.2 Å². The van der Waals surface area contributed by atoms with Crippen molar-refractivity contribution >= 4 is 51.4 Å². The number of carbonyl (C=O) groups excluding carboxylic acids is 1. The minimum atomic E-state index is -0.385. The summed E-state index contributed by atoms with van der Waals surface area (Å²) in [4.78, 5) is 17.1. The van der Waals surface area contributed by atoms with Crippen LogP contribution in [0.25, 0.3) is 11.8 Å². The molecular formula is C26H28ClN5OS. The summed E-state index contributed by atoms with van der Waals surface area (Å²) >= 11 is 7.48. The number of carbonyl (C=O) groups is 1. The number of amides is 1. The van der Waals surface area contributed by atoms with E-state index in [0.717, 1.165) is 46.4 Å². The summed E-state index contributed by atoms with van der Waals surface area (Å²) in [7, 11) is 0. The van der Waals surface area contributed by atoms with Gasteiger partial charge in [0, 0.05) is 22.1 Å². The largest absolute Gasteiger partial charge is 0.318 e. The number of hydrogen-bond donors (Lipinski definition) is 1. The summed E-state index contributed by atoms with van der Waals surface area (Å²) in [6, 6.07) is 9.68. The predicted octanol–water partition coefficient (Wildman–Crippen LogP) is 6.73. The summed E-state index contributed by atoms with van der Waals surface area (Å²) in [6.07, 6.45) is 10.4. The lowest BCUT2D eigenvalue weighted by Crippen LogP contribution is -2.35. The van der Waals surface area contributed by atoms with Gasteiger partial charge in [-0.15, -0.1) is 0 Å². The third-order valence-electron chi connectivity index (χ3n) is 6.84. The molecule has 8 heteroatoms. The Balaban J connectivity index is 1.37. The SMILES string of the molecule is Cc1cc(/C=C2\C(=N)N3N=C(CCC4CCCCC4)SC3=NC2=O)c(C)n1-c1ccc(Cl)cc1. The number of aryl methyl sites for hydroxylation is 1. The lowest BCUT2D eigenvalue weighted by atomic mass is 9.86. The van der Waals surface area contributed by atoms with Crippen LogP contribution in [0.5, 0.6) is 0 Å². The van der Waals surface area contributed by atoms with Crippen LogP contribution >= 0.6 is 23.4 Å². The summed E-state index contributed by atoms with van der Waals surface area (Å²) < 4.78 is 2.11. The Hall–Kier alpha value is -2.64.